The third kappa shape index (κ3) is 4.71. The first kappa shape index (κ1) is 20.0. The van der Waals surface area contributed by atoms with Crippen LogP contribution >= 0.6 is 37.2 Å². The molecule has 0 aliphatic carbocycles. The van der Waals surface area contributed by atoms with Gasteiger partial charge in [0.05, 0.1) is 11.3 Å². The number of carboxylic acid groups (broad SMARTS) is 1. The van der Waals surface area contributed by atoms with E-state index >= 15 is 0 Å². The molecular formula is C13H14Cl3NO2. The van der Waals surface area contributed by atoms with E-state index in [1.165, 1.54) is 0 Å². The Morgan fingerprint density at radius 2 is 1.63 bits per heavy atom. The number of pyridine rings is 1. The number of aryl methyl sites for hydroxylation is 1. The second-order valence-corrected chi connectivity index (χ2v) is 3.57. The minimum absolute atomic E-state index is 0. The number of nitrogens with zero attached hydrogens (tertiary/aromatic N) is 1. The molecule has 0 radical (unpaired) electrons. The van der Waals surface area contributed by atoms with Crippen molar-refractivity contribution >= 4 is 43.2 Å². The normalized spacial score (nSPS) is 8.47. The summed E-state index contributed by atoms with van der Waals surface area (Å²) in [6, 6.07) is 10.8. The number of hydrogen-bond acceptors (Lipinski definition) is 2. The lowest BCUT2D eigenvalue weighted by Crippen LogP contribution is -2.00. The lowest BCUT2D eigenvalue weighted by molar-refractivity contribution is 0.0697. The van der Waals surface area contributed by atoms with Crippen molar-refractivity contribution in [2.24, 2.45) is 0 Å². The summed E-state index contributed by atoms with van der Waals surface area (Å²) in [5, 5.41) is 9.04. The van der Waals surface area contributed by atoms with Gasteiger partial charge in [0, 0.05) is 11.8 Å². The van der Waals surface area contributed by atoms with E-state index in [0.717, 1.165) is 11.1 Å². The van der Waals surface area contributed by atoms with Crippen molar-refractivity contribution in [2.45, 2.75) is 6.92 Å². The van der Waals surface area contributed by atoms with Crippen molar-refractivity contribution < 1.29 is 9.90 Å². The van der Waals surface area contributed by atoms with Gasteiger partial charge >= 0.3 is 5.97 Å². The van der Waals surface area contributed by atoms with Crippen LogP contribution in [0.2, 0.25) is 0 Å². The number of halogens is 3. The van der Waals surface area contributed by atoms with Crippen LogP contribution in [-0.2, 0) is 0 Å². The first-order chi connectivity index (χ1) is 7.68. The third-order valence-corrected chi connectivity index (χ3v) is 2.36. The molecule has 6 heteroatoms. The van der Waals surface area contributed by atoms with Gasteiger partial charge in [0.15, 0.2) is 0 Å². The largest absolute Gasteiger partial charge is 0.478 e. The highest BCUT2D eigenvalue weighted by molar-refractivity contribution is 5.94. The fraction of sp³-hybridized carbons (Fsp3) is 0.0769. The Kier molecular flexibility index (Phi) is 9.23. The monoisotopic (exact) mass is 321 g/mol. The molecule has 0 aliphatic rings. The van der Waals surface area contributed by atoms with E-state index in [2.05, 4.69) is 4.98 Å². The summed E-state index contributed by atoms with van der Waals surface area (Å²) < 4.78 is 0. The zero-order valence-electron chi connectivity index (χ0n) is 10.1. The smallest absolute Gasteiger partial charge is 0.337 e. The highest BCUT2D eigenvalue weighted by atomic mass is 35.5. The Morgan fingerprint density at radius 1 is 1.05 bits per heavy atom. The average Bonchev–Trinajstić information content (AvgIpc) is 2.30. The van der Waals surface area contributed by atoms with E-state index < -0.39 is 5.97 Å². The van der Waals surface area contributed by atoms with Gasteiger partial charge in [0.25, 0.3) is 0 Å². The fourth-order valence-electron chi connectivity index (χ4n) is 1.52. The molecule has 0 atom stereocenters. The molecule has 0 saturated heterocycles. The van der Waals surface area contributed by atoms with Crippen LogP contribution in [0.4, 0.5) is 0 Å². The van der Waals surface area contributed by atoms with Gasteiger partial charge in [-0.25, -0.2) is 4.79 Å². The number of benzene rings is 1. The molecule has 104 valence electrons. The number of carbonyl (C=O) groups is 1. The van der Waals surface area contributed by atoms with E-state index in [4.69, 9.17) is 5.11 Å². The summed E-state index contributed by atoms with van der Waals surface area (Å²) in [4.78, 5) is 15.1. The first-order valence-corrected chi connectivity index (χ1v) is 4.94. The maximum absolute atomic E-state index is 11.0. The third-order valence-electron chi connectivity index (χ3n) is 2.36. The quantitative estimate of drug-likeness (QED) is 0.908. The van der Waals surface area contributed by atoms with Crippen LogP contribution in [0.15, 0.2) is 42.6 Å². The summed E-state index contributed by atoms with van der Waals surface area (Å²) in [5.41, 5.74) is 2.70. The maximum Gasteiger partial charge on any atom is 0.337 e. The Labute approximate surface area is 130 Å². The van der Waals surface area contributed by atoms with Gasteiger partial charge in [-0.3, -0.25) is 4.98 Å². The molecule has 1 N–H and O–H groups in total. The summed E-state index contributed by atoms with van der Waals surface area (Å²) >= 11 is 0. The molecule has 1 heterocycles. The minimum Gasteiger partial charge on any atom is -0.478 e. The van der Waals surface area contributed by atoms with Gasteiger partial charge < -0.3 is 5.11 Å². The van der Waals surface area contributed by atoms with Gasteiger partial charge in [-0.2, -0.15) is 0 Å². The summed E-state index contributed by atoms with van der Waals surface area (Å²) in [7, 11) is 0. The second-order valence-electron chi connectivity index (χ2n) is 3.57. The van der Waals surface area contributed by atoms with Crippen LogP contribution in [0.3, 0.4) is 0 Å². The Balaban J connectivity index is 0. The van der Waals surface area contributed by atoms with Gasteiger partial charge in [-0.15, -0.1) is 37.2 Å². The Bertz CT molecular complexity index is 530. The van der Waals surface area contributed by atoms with Gasteiger partial charge in [-0.05, 0) is 19.1 Å². The average molecular weight is 323 g/mol. The zero-order valence-corrected chi connectivity index (χ0v) is 12.5. The summed E-state index contributed by atoms with van der Waals surface area (Å²) in [5.74, 6) is -0.955. The topological polar surface area (TPSA) is 50.2 Å². The Hall–Kier alpha value is -1.29. The Morgan fingerprint density at radius 3 is 2.16 bits per heavy atom. The second kappa shape index (κ2) is 8.75. The van der Waals surface area contributed by atoms with Crippen molar-refractivity contribution in [2.75, 3.05) is 0 Å². The van der Waals surface area contributed by atoms with Crippen molar-refractivity contribution in [3.8, 4) is 11.3 Å². The van der Waals surface area contributed by atoms with E-state index in [1.54, 1.807) is 18.3 Å². The van der Waals surface area contributed by atoms with Crippen LogP contribution in [0, 0.1) is 6.92 Å². The van der Waals surface area contributed by atoms with Crippen LogP contribution in [0.25, 0.3) is 11.3 Å². The number of rotatable bonds is 2. The maximum atomic E-state index is 11.0. The van der Waals surface area contributed by atoms with Crippen LogP contribution in [0.1, 0.15) is 15.9 Å². The molecule has 2 aromatic rings. The van der Waals surface area contributed by atoms with Crippen LogP contribution < -0.4 is 0 Å². The van der Waals surface area contributed by atoms with Crippen molar-refractivity contribution in [3.05, 3.63) is 53.7 Å². The number of aromatic carboxylic acids is 1. The van der Waals surface area contributed by atoms with Gasteiger partial charge in [0.1, 0.15) is 0 Å². The van der Waals surface area contributed by atoms with Gasteiger partial charge in [-0.1, -0.05) is 29.8 Å². The molecule has 0 aliphatic heterocycles. The highest BCUT2D eigenvalue weighted by Gasteiger charge is 2.11. The molecule has 2 rings (SSSR count). The van der Waals surface area contributed by atoms with Gasteiger partial charge in [0.2, 0.25) is 0 Å². The molecule has 0 bridgehead atoms. The minimum atomic E-state index is -0.955. The molecule has 0 fully saturated rings. The molecule has 0 saturated carbocycles. The van der Waals surface area contributed by atoms with Crippen molar-refractivity contribution in [1.82, 2.24) is 4.98 Å². The molecule has 0 spiro atoms. The SMILES string of the molecule is Cc1ccc(-c2ncccc2C(=O)O)cc1.Cl.Cl.Cl. The van der Waals surface area contributed by atoms with E-state index in [1.807, 2.05) is 31.2 Å². The van der Waals surface area contributed by atoms with Crippen LogP contribution in [-0.4, -0.2) is 16.1 Å². The van der Waals surface area contributed by atoms with Crippen molar-refractivity contribution in [1.29, 1.82) is 0 Å². The number of carboxylic acids is 1. The van der Waals surface area contributed by atoms with Crippen LogP contribution in [0.5, 0.6) is 0 Å². The van der Waals surface area contributed by atoms with Crippen molar-refractivity contribution in [3.63, 3.8) is 0 Å². The van der Waals surface area contributed by atoms with E-state index in [-0.39, 0.29) is 42.8 Å². The molecule has 1 aromatic heterocycles. The predicted octanol–water partition coefficient (Wildman–Crippen LogP) is 4.02. The molecule has 3 nitrogen and oxygen atoms in total. The first-order valence-electron chi connectivity index (χ1n) is 4.94. The summed E-state index contributed by atoms with van der Waals surface area (Å²) in [6.07, 6.45) is 1.60. The number of hydrogen-bond donors (Lipinski definition) is 1. The van der Waals surface area contributed by atoms with E-state index in [0.29, 0.717) is 5.69 Å². The standard InChI is InChI=1S/C13H11NO2.3ClH/c1-9-4-6-10(7-5-9)12-11(13(15)16)3-2-8-14-12;;;/h2-8H,1H3,(H,15,16);3*1H. The predicted molar refractivity (Wildman–Crippen MR) is 83.1 cm³/mol. The highest BCUT2D eigenvalue weighted by Crippen LogP contribution is 2.21. The summed E-state index contributed by atoms with van der Waals surface area (Å²) in [6.45, 7) is 1.99. The molecule has 19 heavy (non-hydrogen) atoms. The molecule has 0 unspecified atom stereocenters. The van der Waals surface area contributed by atoms with E-state index in [9.17, 15) is 4.79 Å². The molecule has 0 amide bonds. The lowest BCUT2D eigenvalue weighted by atomic mass is 10.0. The fourth-order valence-corrected chi connectivity index (χ4v) is 1.52. The molecule has 1 aromatic carbocycles. The number of aromatic nitrogens is 1. The lowest BCUT2D eigenvalue weighted by Gasteiger charge is -2.04. The molecular weight excluding hydrogens is 309 g/mol. The zero-order chi connectivity index (χ0) is 11.5.